The average molecular weight is 348 g/mol. The van der Waals surface area contributed by atoms with Crippen molar-refractivity contribution in [2.24, 2.45) is 0 Å². The summed E-state index contributed by atoms with van der Waals surface area (Å²) < 4.78 is 27.8. The molecule has 0 aliphatic carbocycles. The molecule has 0 aromatic heterocycles. The van der Waals surface area contributed by atoms with Crippen molar-refractivity contribution >= 4 is 28.3 Å². The van der Waals surface area contributed by atoms with Crippen LogP contribution in [0.25, 0.3) is 0 Å². The molecule has 0 amide bonds. The van der Waals surface area contributed by atoms with Gasteiger partial charge in [-0.25, -0.2) is 0 Å². The van der Waals surface area contributed by atoms with E-state index in [9.17, 15) is 7.67 Å². The molecule has 15 heavy (non-hydrogen) atoms. The molecule has 0 fully saturated rings. The quantitative estimate of drug-likeness (QED) is 0.450. The summed E-state index contributed by atoms with van der Waals surface area (Å²) in [6.45, 7) is 4.21. The van der Waals surface area contributed by atoms with Crippen LogP contribution in [-0.4, -0.2) is 28.3 Å². The normalized spacial score (nSPS) is 15.1. The van der Waals surface area contributed by atoms with E-state index in [1.54, 1.807) is 0 Å². The van der Waals surface area contributed by atoms with Crippen LogP contribution in [0.2, 0.25) is 10.6 Å². The molecule has 3 nitrogen and oxygen atoms in total. The molecule has 0 aromatic rings. The van der Waals surface area contributed by atoms with Gasteiger partial charge in [-0.3, -0.25) is 0 Å². The number of hydrogen-bond donors (Lipinski definition) is 0. The Hall–Kier alpha value is 0.599. The van der Waals surface area contributed by atoms with Crippen LogP contribution in [0.1, 0.15) is 52.4 Å². The molecule has 0 aromatic carbocycles. The fraction of sp³-hybridized carbons (Fsp3) is 1.00. The van der Waals surface area contributed by atoms with E-state index in [4.69, 9.17) is 2.90 Å². The Morgan fingerprint density at radius 1 is 0.800 bits per heavy atom. The van der Waals surface area contributed by atoms with E-state index >= 15 is 0 Å². The van der Waals surface area contributed by atoms with Crippen molar-refractivity contribution < 1.29 is 10.6 Å². The maximum atomic E-state index is 11.4. The summed E-state index contributed by atoms with van der Waals surface area (Å²) in [6.07, 6.45) is 6.30. The van der Waals surface area contributed by atoms with Crippen LogP contribution in [0.4, 0.5) is 0 Å². The molecular formula is C10H22O3Se2. The first kappa shape index (κ1) is 15.6. The fourth-order valence-corrected chi connectivity index (χ4v) is 6.91. The van der Waals surface area contributed by atoms with Crippen molar-refractivity contribution in [3.63, 3.8) is 0 Å². The summed E-state index contributed by atoms with van der Waals surface area (Å²) in [7, 11) is 0. The van der Waals surface area contributed by atoms with Gasteiger partial charge in [0.2, 0.25) is 0 Å². The molecule has 0 aliphatic rings. The van der Waals surface area contributed by atoms with E-state index in [1.807, 2.05) is 0 Å². The molecule has 0 atom stereocenters. The van der Waals surface area contributed by atoms with Gasteiger partial charge >= 0.3 is 102 Å². The van der Waals surface area contributed by atoms with Gasteiger partial charge in [-0.15, -0.1) is 0 Å². The van der Waals surface area contributed by atoms with Gasteiger partial charge in [0.1, 0.15) is 0 Å². The van der Waals surface area contributed by atoms with E-state index in [2.05, 4.69) is 13.8 Å². The standard InChI is InChI=1S/C10H22O3Se2/c1-3-5-7-9-14(11)13-15(12)10-8-6-4-2/h3-10H2,1-2H3. The van der Waals surface area contributed by atoms with Gasteiger partial charge in [-0.2, -0.15) is 0 Å². The van der Waals surface area contributed by atoms with Crippen LogP contribution in [0.3, 0.4) is 0 Å². The maximum absolute atomic E-state index is 11.4. The van der Waals surface area contributed by atoms with Gasteiger partial charge in [0.15, 0.2) is 0 Å². The molecule has 0 radical (unpaired) electrons. The summed E-state index contributed by atoms with van der Waals surface area (Å²) in [4.78, 5) is 0. The first-order valence-electron chi connectivity index (χ1n) is 5.66. The molecule has 0 unspecified atom stereocenters. The molecule has 0 saturated carbocycles. The molecule has 0 bridgehead atoms. The first-order valence-corrected chi connectivity index (χ1v) is 10.9. The third-order valence-corrected chi connectivity index (χ3v) is 8.54. The molecule has 0 rings (SSSR count). The van der Waals surface area contributed by atoms with Crippen LogP contribution in [0.5, 0.6) is 0 Å². The van der Waals surface area contributed by atoms with E-state index in [-0.39, 0.29) is 0 Å². The monoisotopic (exact) mass is 350 g/mol. The number of rotatable bonds is 10. The zero-order valence-corrected chi connectivity index (χ0v) is 13.1. The number of hydrogen-bond acceptors (Lipinski definition) is 3. The Balaban J connectivity index is 3.45. The molecule has 92 valence electrons. The van der Waals surface area contributed by atoms with Gasteiger partial charge in [-0.1, -0.05) is 0 Å². The van der Waals surface area contributed by atoms with Crippen LogP contribution < -0.4 is 0 Å². The van der Waals surface area contributed by atoms with E-state index < -0.39 is 28.3 Å². The van der Waals surface area contributed by atoms with Gasteiger partial charge in [0, 0.05) is 0 Å². The topological polar surface area (TPSA) is 43.4 Å². The molecule has 0 heterocycles. The third kappa shape index (κ3) is 10.9. The van der Waals surface area contributed by atoms with E-state index in [0.29, 0.717) is 10.6 Å². The molecule has 0 N–H and O–H groups in total. The zero-order valence-electron chi connectivity index (χ0n) is 9.70. The molecular weight excluding hydrogens is 326 g/mol. The van der Waals surface area contributed by atoms with Gasteiger partial charge in [-0.05, 0) is 0 Å². The zero-order chi connectivity index (χ0) is 11.5. The van der Waals surface area contributed by atoms with Crippen molar-refractivity contribution in [1.29, 1.82) is 0 Å². The Morgan fingerprint density at radius 2 is 1.20 bits per heavy atom. The van der Waals surface area contributed by atoms with E-state index in [1.165, 1.54) is 0 Å². The summed E-state index contributed by atoms with van der Waals surface area (Å²) >= 11 is -4.44. The summed E-state index contributed by atoms with van der Waals surface area (Å²) in [5.41, 5.74) is 0. The number of unbranched alkanes of at least 4 members (excludes halogenated alkanes) is 4. The van der Waals surface area contributed by atoms with Crippen molar-refractivity contribution in [3.8, 4) is 0 Å². The Bertz CT molecular complexity index is 175. The van der Waals surface area contributed by atoms with Crippen molar-refractivity contribution in [2.75, 3.05) is 0 Å². The first-order chi connectivity index (χ1) is 7.20. The average Bonchev–Trinajstić information content (AvgIpc) is 2.18. The van der Waals surface area contributed by atoms with Crippen LogP contribution in [0, 0.1) is 0 Å². The van der Waals surface area contributed by atoms with Crippen LogP contribution >= 0.6 is 0 Å². The summed E-state index contributed by atoms with van der Waals surface area (Å²) in [6, 6.07) is 0. The van der Waals surface area contributed by atoms with Crippen molar-refractivity contribution in [3.05, 3.63) is 0 Å². The second-order valence-corrected chi connectivity index (χ2v) is 9.53. The fourth-order valence-electron chi connectivity index (χ4n) is 1.09. The molecule has 0 spiro atoms. The Morgan fingerprint density at radius 3 is 1.53 bits per heavy atom. The minimum atomic E-state index is -2.22. The molecule has 0 saturated heterocycles. The van der Waals surface area contributed by atoms with Gasteiger partial charge in [0.25, 0.3) is 0 Å². The third-order valence-electron chi connectivity index (χ3n) is 1.98. The second-order valence-electron chi connectivity index (χ2n) is 3.50. The molecule has 0 aliphatic heterocycles. The van der Waals surface area contributed by atoms with Crippen LogP contribution in [0.15, 0.2) is 0 Å². The van der Waals surface area contributed by atoms with Crippen molar-refractivity contribution in [1.82, 2.24) is 0 Å². The van der Waals surface area contributed by atoms with Gasteiger partial charge < -0.3 is 0 Å². The van der Waals surface area contributed by atoms with E-state index in [0.717, 1.165) is 38.5 Å². The summed E-state index contributed by atoms with van der Waals surface area (Å²) in [5, 5.41) is 1.26. The molecule has 5 heteroatoms. The second kappa shape index (κ2) is 11.1. The van der Waals surface area contributed by atoms with Crippen molar-refractivity contribution in [2.45, 2.75) is 63.0 Å². The predicted octanol–water partition coefficient (Wildman–Crippen LogP) is 3.22. The summed E-state index contributed by atoms with van der Waals surface area (Å²) in [5.74, 6) is 0. The van der Waals surface area contributed by atoms with Gasteiger partial charge in [0.05, 0.1) is 0 Å². The predicted molar refractivity (Wildman–Crippen MR) is 62.6 cm³/mol. The van der Waals surface area contributed by atoms with Crippen LogP contribution in [-0.2, 0) is 10.6 Å². The Kier molecular flexibility index (Phi) is 11.5. The minimum absolute atomic E-state index is 0.629. The SMILES string of the molecule is CCCCC[Se](=O)O[Se](=O)CCCCC. The Labute approximate surface area is 102 Å².